The standard InChI is InChI=1S/C20H34N4O/c1-16-8-12-24(13-9-16)11-5-10-22-20(21-3)23-15-18-7-6-17(2)14-19(18)25-4/h6-7,14,16H,5,8-13,15H2,1-4H3,(H2,21,22,23). The Hall–Kier alpha value is -1.75. The zero-order valence-electron chi connectivity index (χ0n) is 16.3. The van der Waals surface area contributed by atoms with Crippen molar-refractivity contribution in [2.75, 3.05) is 40.3 Å². The van der Waals surface area contributed by atoms with Gasteiger partial charge in [0.05, 0.1) is 7.11 Å². The van der Waals surface area contributed by atoms with Gasteiger partial charge in [-0.25, -0.2) is 0 Å². The molecule has 1 aromatic rings. The number of nitrogens with one attached hydrogen (secondary N) is 2. The van der Waals surface area contributed by atoms with Crippen LogP contribution in [0.4, 0.5) is 0 Å². The number of guanidine groups is 1. The van der Waals surface area contributed by atoms with E-state index in [0.29, 0.717) is 6.54 Å². The number of benzene rings is 1. The number of piperidine rings is 1. The highest BCUT2D eigenvalue weighted by Gasteiger charge is 2.14. The molecule has 1 saturated heterocycles. The first-order chi connectivity index (χ1) is 12.1. The van der Waals surface area contributed by atoms with Gasteiger partial charge >= 0.3 is 0 Å². The van der Waals surface area contributed by atoms with Crippen molar-refractivity contribution in [2.24, 2.45) is 10.9 Å². The predicted molar refractivity (Wildman–Crippen MR) is 105 cm³/mol. The lowest BCUT2D eigenvalue weighted by Gasteiger charge is -2.30. The van der Waals surface area contributed by atoms with E-state index in [4.69, 9.17) is 4.74 Å². The SMILES string of the molecule is CN=C(NCCCN1CCC(C)CC1)NCc1ccc(C)cc1OC. The van der Waals surface area contributed by atoms with E-state index < -0.39 is 0 Å². The summed E-state index contributed by atoms with van der Waals surface area (Å²) in [7, 11) is 3.53. The van der Waals surface area contributed by atoms with Gasteiger partial charge in [0, 0.05) is 25.7 Å². The van der Waals surface area contributed by atoms with Crippen molar-refractivity contribution in [3.05, 3.63) is 29.3 Å². The number of likely N-dealkylation sites (tertiary alicyclic amines) is 1. The van der Waals surface area contributed by atoms with Crippen LogP contribution < -0.4 is 15.4 Å². The fraction of sp³-hybridized carbons (Fsp3) is 0.650. The van der Waals surface area contributed by atoms with E-state index >= 15 is 0 Å². The van der Waals surface area contributed by atoms with E-state index in [1.165, 1.54) is 38.0 Å². The molecule has 0 saturated carbocycles. The van der Waals surface area contributed by atoms with Crippen LogP contribution in [0.3, 0.4) is 0 Å². The molecule has 0 aliphatic carbocycles. The maximum absolute atomic E-state index is 5.46. The average Bonchev–Trinajstić information content (AvgIpc) is 2.63. The highest BCUT2D eigenvalue weighted by molar-refractivity contribution is 5.79. The minimum absolute atomic E-state index is 0.702. The fourth-order valence-electron chi connectivity index (χ4n) is 3.19. The van der Waals surface area contributed by atoms with Crippen LogP contribution >= 0.6 is 0 Å². The van der Waals surface area contributed by atoms with Gasteiger partial charge < -0.3 is 20.3 Å². The van der Waals surface area contributed by atoms with Crippen LogP contribution in [-0.4, -0.2) is 51.2 Å². The molecule has 5 heteroatoms. The van der Waals surface area contributed by atoms with E-state index in [9.17, 15) is 0 Å². The number of aryl methyl sites for hydroxylation is 1. The van der Waals surface area contributed by atoms with Crippen molar-refractivity contribution in [2.45, 2.75) is 39.7 Å². The van der Waals surface area contributed by atoms with Gasteiger partial charge in [-0.05, 0) is 63.4 Å². The molecule has 0 atom stereocenters. The van der Waals surface area contributed by atoms with Crippen molar-refractivity contribution in [3.8, 4) is 5.75 Å². The first-order valence-electron chi connectivity index (χ1n) is 9.42. The lowest BCUT2D eigenvalue weighted by molar-refractivity contribution is 0.191. The molecule has 0 amide bonds. The lowest BCUT2D eigenvalue weighted by Crippen LogP contribution is -2.39. The largest absolute Gasteiger partial charge is 0.496 e. The minimum Gasteiger partial charge on any atom is -0.496 e. The quantitative estimate of drug-likeness (QED) is 0.453. The van der Waals surface area contributed by atoms with E-state index in [-0.39, 0.29) is 0 Å². The number of aliphatic imine (C=N–C) groups is 1. The minimum atomic E-state index is 0.702. The molecule has 140 valence electrons. The van der Waals surface area contributed by atoms with E-state index in [2.05, 4.69) is 52.6 Å². The van der Waals surface area contributed by atoms with Gasteiger partial charge in [0.2, 0.25) is 0 Å². The van der Waals surface area contributed by atoms with Gasteiger partial charge in [0.15, 0.2) is 5.96 Å². The predicted octanol–water partition coefficient (Wildman–Crippen LogP) is 2.79. The summed E-state index contributed by atoms with van der Waals surface area (Å²) in [4.78, 5) is 6.89. The molecule has 0 unspecified atom stereocenters. The highest BCUT2D eigenvalue weighted by atomic mass is 16.5. The summed E-state index contributed by atoms with van der Waals surface area (Å²) in [5.41, 5.74) is 2.34. The van der Waals surface area contributed by atoms with Gasteiger partial charge in [-0.3, -0.25) is 4.99 Å². The number of hydrogen-bond donors (Lipinski definition) is 2. The molecule has 1 aliphatic rings. The van der Waals surface area contributed by atoms with Gasteiger partial charge in [0.25, 0.3) is 0 Å². The Balaban J connectivity index is 1.69. The number of ether oxygens (including phenoxy) is 1. The molecular formula is C20H34N4O. The van der Waals surface area contributed by atoms with Gasteiger partial charge in [-0.1, -0.05) is 19.1 Å². The summed E-state index contributed by atoms with van der Waals surface area (Å²) in [5.74, 6) is 2.66. The third-order valence-corrected chi connectivity index (χ3v) is 4.93. The van der Waals surface area contributed by atoms with Crippen LogP contribution in [0.25, 0.3) is 0 Å². The van der Waals surface area contributed by atoms with Crippen LogP contribution in [-0.2, 0) is 6.54 Å². The monoisotopic (exact) mass is 346 g/mol. The number of methoxy groups -OCH3 is 1. The summed E-state index contributed by atoms with van der Waals surface area (Å²) >= 11 is 0. The fourth-order valence-corrected chi connectivity index (χ4v) is 3.19. The molecule has 1 aromatic carbocycles. The number of hydrogen-bond acceptors (Lipinski definition) is 3. The second-order valence-electron chi connectivity index (χ2n) is 7.05. The Morgan fingerprint density at radius 2 is 2.04 bits per heavy atom. The maximum atomic E-state index is 5.46. The van der Waals surface area contributed by atoms with Crippen molar-refractivity contribution in [1.29, 1.82) is 0 Å². The van der Waals surface area contributed by atoms with Crippen LogP contribution in [0, 0.1) is 12.8 Å². The van der Waals surface area contributed by atoms with Crippen LogP contribution in [0.1, 0.15) is 37.3 Å². The molecule has 2 N–H and O–H groups in total. The van der Waals surface area contributed by atoms with Gasteiger partial charge in [0.1, 0.15) is 5.75 Å². The molecule has 0 spiro atoms. The Morgan fingerprint density at radius 3 is 2.72 bits per heavy atom. The molecule has 0 radical (unpaired) electrons. The topological polar surface area (TPSA) is 48.9 Å². The van der Waals surface area contributed by atoms with Crippen molar-refractivity contribution >= 4 is 5.96 Å². The highest BCUT2D eigenvalue weighted by Crippen LogP contribution is 2.19. The van der Waals surface area contributed by atoms with Crippen LogP contribution in [0.15, 0.2) is 23.2 Å². The summed E-state index contributed by atoms with van der Waals surface area (Å²) in [6.07, 6.45) is 3.83. The zero-order valence-corrected chi connectivity index (χ0v) is 16.3. The van der Waals surface area contributed by atoms with Crippen molar-refractivity contribution in [3.63, 3.8) is 0 Å². The molecule has 5 nitrogen and oxygen atoms in total. The van der Waals surface area contributed by atoms with Crippen LogP contribution in [0.2, 0.25) is 0 Å². The maximum Gasteiger partial charge on any atom is 0.191 e. The second kappa shape index (κ2) is 10.3. The Kier molecular flexibility index (Phi) is 8.06. The van der Waals surface area contributed by atoms with Gasteiger partial charge in [-0.15, -0.1) is 0 Å². The normalized spacial score (nSPS) is 16.7. The van der Waals surface area contributed by atoms with Crippen molar-refractivity contribution < 1.29 is 4.74 Å². The molecule has 25 heavy (non-hydrogen) atoms. The number of nitrogens with zero attached hydrogens (tertiary/aromatic N) is 2. The first-order valence-corrected chi connectivity index (χ1v) is 9.42. The first kappa shape index (κ1) is 19.6. The second-order valence-corrected chi connectivity index (χ2v) is 7.05. The Morgan fingerprint density at radius 1 is 1.28 bits per heavy atom. The van der Waals surface area contributed by atoms with Crippen molar-refractivity contribution in [1.82, 2.24) is 15.5 Å². The molecule has 1 heterocycles. The Bertz CT molecular complexity index is 551. The van der Waals surface area contributed by atoms with E-state index in [1.807, 2.05) is 7.05 Å². The van der Waals surface area contributed by atoms with Gasteiger partial charge in [-0.2, -0.15) is 0 Å². The zero-order chi connectivity index (χ0) is 18.1. The smallest absolute Gasteiger partial charge is 0.191 e. The molecule has 1 aliphatic heterocycles. The van der Waals surface area contributed by atoms with Crippen LogP contribution in [0.5, 0.6) is 5.75 Å². The molecule has 0 bridgehead atoms. The lowest BCUT2D eigenvalue weighted by atomic mass is 9.99. The molecule has 0 aromatic heterocycles. The Labute approximate surface area is 152 Å². The summed E-state index contributed by atoms with van der Waals surface area (Å²) in [6.45, 7) is 9.75. The number of rotatable bonds is 7. The molecule has 1 fully saturated rings. The average molecular weight is 347 g/mol. The van der Waals surface area contributed by atoms with E-state index in [1.54, 1.807) is 7.11 Å². The molecular weight excluding hydrogens is 312 g/mol. The summed E-state index contributed by atoms with van der Waals surface area (Å²) in [6, 6.07) is 6.27. The third-order valence-electron chi connectivity index (χ3n) is 4.93. The summed E-state index contributed by atoms with van der Waals surface area (Å²) in [5, 5.41) is 6.78. The van der Waals surface area contributed by atoms with E-state index in [0.717, 1.165) is 36.2 Å². The summed E-state index contributed by atoms with van der Waals surface area (Å²) < 4.78 is 5.46. The molecule has 2 rings (SSSR count). The third kappa shape index (κ3) is 6.58.